The van der Waals surface area contributed by atoms with E-state index in [9.17, 15) is 14.4 Å². The minimum atomic E-state index is -0.386. The van der Waals surface area contributed by atoms with Gasteiger partial charge in [-0.1, -0.05) is 0 Å². The highest BCUT2D eigenvalue weighted by Crippen LogP contribution is 2.25. The number of amides is 3. The lowest BCUT2D eigenvalue weighted by Gasteiger charge is -2.33. The van der Waals surface area contributed by atoms with Gasteiger partial charge in [0.2, 0.25) is 11.8 Å². The summed E-state index contributed by atoms with van der Waals surface area (Å²) in [5.74, 6) is 0.430. The first-order valence-electron chi connectivity index (χ1n) is 8.04. The zero-order valence-corrected chi connectivity index (χ0v) is 13.8. The molecule has 3 amide bonds. The van der Waals surface area contributed by atoms with Gasteiger partial charge >= 0.3 is 0 Å². The predicted octanol–water partition coefficient (Wildman–Crippen LogP) is -0.315. The summed E-state index contributed by atoms with van der Waals surface area (Å²) in [6.45, 7) is 3.05. The molecule has 3 heterocycles. The SMILES string of the molecule is CCNC(=O)c1ccc(N[C@@H]2C[C@H]3C(=O)N(C)CC(=O)N3C2)nc1. The number of nitrogens with zero attached hydrogens (tertiary/aromatic N) is 3. The number of aromatic nitrogens is 1. The third-order valence-corrected chi connectivity index (χ3v) is 4.37. The largest absolute Gasteiger partial charge is 0.365 e. The highest BCUT2D eigenvalue weighted by Gasteiger charge is 2.44. The average Bonchev–Trinajstić information content (AvgIpc) is 2.98. The summed E-state index contributed by atoms with van der Waals surface area (Å²) >= 11 is 0. The highest BCUT2D eigenvalue weighted by atomic mass is 16.2. The number of hydrogen-bond acceptors (Lipinski definition) is 5. The van der Waals surface area contributed by atoms with E-state index in [2.05, 4.69) is 15.6 Å². The van der Waals surface area contributed by atoms with Crippen molar-refractivity contribution in [2.75, 3.05) is 32.0 Å². The molecule has 1 aromatic rings. The maximum atomic E-state index is 12.2. The van der Waals surface area contributed by atoms with Gasteiger partial charge in [-0.3, -0.25) is 14.4 Å². The molecule has 0 spiro atoms. The molecule has 2 fully saturated rings. The number of fused-ring (bicyclic) bond motifs is 1. The normalized spacial score (nSPS) is 23.2. The third-order valence-electron chi connectivity index (χ3n) is 4.37. The monoisotopic (exact) mass is 331 g/mol. The molecule has 8 heteroatoms. The molecule has 2 N–H and O–H groups in total. The Labute approximate surface area is 140 Å². The smallest absolute Gasteiger partial charge is 0.252 e. The zero-order chi connectivity index (χ0) is 17.3. The molecule has 0 unspecified atom stereocenters. The van der Waals surface area contributed by atoms with Crippen LogP contribution in [0.1, 0.15) is 23.7 Å². The van der Waals surface area contributed by atoms with Crippen LogP contribution in [0.15, 0.2) is 18.3 Å². The van der Waals surface area contributed by atoms with E-state index in [-0.39, 0.29) is 36.3 Å². The van der Waals surface area contributed by atoms with Crippen molar-refractivity contribution in [2.45, 2.75) is 25.4 Å². The van der Waals surface area contributed by atoms with Gasteiger partial charge in [0.05, 0.1) is 12.1 Å². The number of piperazine rings is 1. The molecular formula is C16H21N5O3. The summed E-state index contributed by atoms with van der Waals surface area (Å²) in [6, 6.07) is 3.02. The Bertz CT molecular complexity index is 660. The molecule has 2 aliphatic heterocycles. The van der Waals surface area contributed by atoms with Crippen molar-refractivity contribution < 1.29 is 14.4 Å². The molecule has 128 valence electrons. The van der Waals surface area contributed by atoms with Gasteiger partial charge in [-0.2, -0.15) is 0 Å². The van der Waals surface area contributed by atoms with Gasteiger partial charge in [0.1, 0.15) is 11.9 Å². The summed E-state index contributed by atoms with van der Waals surface area (Å²) in [6.07, 6.45) is 2.08. The average molecular weight is 331 g/mol. The van der Waals surface area contributed by atoms with Gasteiger partial charge in [-0.05, 0) is 25.5 Å². The van der Waals surface area contributed by atoms with Crippen molar-refractivity contribution in [1.82, 2.24) is 20.1 Å². The number of anilines is 1. The van der Waals surface area contributed by atoms with E-state index in [1.54, 1.807) is 24.1 Å². The van der Waals surface area contributed by atoms with Gasteiger partial charge in [-0.25, -0.2) is 4.98 Å². The maximum absolute atomic E-state index is 12.2. The molecule has 8 nitrogen and oxygen atoms in total. The Balaban J connectivity index is 1.64. The summed E-state index contributed by atoms with van der Waals surface area (Å²) < 4.78 is 0. The van der Waals surface area contributed by atoms with Crippen molar-refractivity contribution >= 4 is 23.5 Å². The van der Waals surface area contributed by atoms with Crippen molar-refractivity contribution in [2.24, 2.45) is 0 Å². The van der Waals surface area contributed by atoms with Crippen LogP contribution in [0.5, 0.6) is 0 Å². The van der Waals surface area contributed by atoms with Gasteiger partial charge in [-0.15, -0.1) is 0 Å². The number of rotatable bonds is 4. The molecule has 3 rings (SSSR count). The fourth-order valence-electron chi connectivity index (χ4n) is 3.16. The molecule has 0 radical (unpaired) electrons. The number of likely N-dealkylation sites (N-methyl/N-ethyl adjacent to an activating group) is 1. The Morgan fingerprint density at radius 3 is 2.83 bits per heavy atom. The van der Waals surface area contributed by atoms with Gasteiger partial charge in [0.25, 0.3) is 5.91 Å². The number of hydrogen-bond donors (Lipinski definition) is 2. The van der Waals surface area contributed by atoms with E-state index in [0.29, 0.717) is 30.9 Å². The molecule has 2 aliphatic rings. The molecule has 1 aromatic heterocycles. The van der Waals surface area contributed by atoms with Crippen molar-refractivity contribution in [3.05, 3.63) is 23.9 Å². The van der Waals surface area contributed by atoms with E-state index in [0.717, 1.165) is 0 Å². The van der Waals surface area contributed by atoms with E-state index >= 15 is 0 Å². The van der Waals surface area contributed by atoms with Crippen molar-refractivity contribution in [3.8, 4) is 0 Å². The van der Waals surface area contributed by atoms with Crippen molar-refractivity contribution in [1.29, 1.82) is 0 Å². The van der Waals surface area contributed by atoms with Crippen LogP contribution in [-0.4, -0.2) is 71.3 Å². The van der Waals surface area contributed by atoms with Gasteiger partial charge in [0, 0.05) is 32.4 Å². The first kappa shape index (κ1) is 16.2. The lowest BCUT2D eigenvalue weighted by molar-refractivity contribution is -0.152. The molecular weight excluding hydrogens is 310 g/mol. The first-order chi connectivity index (χ1) is 11.5. The number of carbonyl (C=O) groups excluding carboxylic acids is 3. The fraction of sp³-hybridized carbons (Fsp3) is 0.500. The Morgan fingerprint density at radius 2 is 2.17 bits per heavy atom. The minimum absolute atomic E-state index is 0.0153. The summed E-state index contributed by atoms with van der Waals surface area (Å²) in [4.78, 5) is 43.3. The minimum Gasteiger partial charge on any atom is -0.365 e. The second-order valence-corrected chi connectivity index (χ2v) is 6.12. The number of carbonyl (C=O) groups is 3. The van der Waals surface area contributed by atoms with Gasteiger partial charge in [0.15, 0.2) is 0 Å². The maximum Gasteiger partial charge on any atom is 0.252 e. The van der Waals surface area contributed by atoms with Crippen LogP contribution in [0.3, 0.4) is 0 Å². The van der Waals surface area contributed by atoms with E-state index in [4.69, 9.17) is 0 Å². The first-order valence-corrected chi connectivity index (χ1v) is 8.04. The molecule has 24 heavy (non-hydrogen) atoms. The molecule has 2 atom stereocenters. The lowest BCUT2D eigenvalue weighted by atomic mass is 10.1. The quantitative estimate of drug-likeness (QED) is 0.789. The molecule has 2 saturated heterocycles. The molecule has 0 saturated carbocycles. The van der Waals surface area contributed by atoms with Crippen LogP contribution in [0.2, 0.25) is 0 Å². The third kappa shape index (κ3) is 3.04. The highest BCUT2D eigenvalue weighted by molar-refractivity contribution is 5.95. The van der Waals surface area contributed by atoms with Crippen LogP contribution < -0.4 is 10.6 Å². The second kappa shape index (κ2) is 6.46. The second-order valence-electron chi connectivity index (χ2n) is 6.12. The van der Waals surface area contributed by atoms with Crippen LogP contribution >= 0.6 is 0 Å². The van der Waals surface area contributed by atoms with Gasteiger partial charge < -0.3 is 20.4 Å². The Hall–Kier alpha value is -2.64. The standard InChI is InChI=1S/C16H21N5O3/c1-3-17-15(23)10-4-5-13(18-7-10)19-11-6-12-16(24)20(2)9-14(22)21(12)8-11/h4-5,7,11-12H,3,6,8-9H2,1-2H3,(H,17,23)(H,18,19)/t11-,12+/m1/s1. The summed E-state index contributed by atoms with van der Waals surface area (Å²) in [5, 5.41) is 5.96. The molecule has 0 aromatic carbocycles. The van der Waals surface area contributed by atoms with Crippen LogP contribution in [0.4, 0.5) is 5.82 Å². The Morgan fingerprint density at radius 1 is 1.38 bits per heavy atom. The summed E-state index contributed by atoms with van der Waals surface area (Å²) in [5.41, 5.74) is 0.498. The number of nitrogens with one attached hydrogen (secondary N) is 2. The van der Waals surface area contributed by atoms with E-state index in [1.165, 1.54) is 11.1 Å². The molecule has 0 aliphatic carbocycles. The van der Waals surface area contributed by atoms with E-state index < -0.39 is 0 Å². The van der Waals surface area contributed by atoms with Crippen molar-refractivity contribution in [3.63, 3.8) is 0 Å². The fourth-order valence-corrected chi connectivity index (χ4v) is 3.16. The zero-order valence-electron chi connectivity index (χ0n) is 13.8. The predicted molar refractivity (Wildman–Crippen MR) is 87.4 cm³/mol. The number of pyridine rings is 1. The summed E-state index contributed by atoms with van der Waals surface area (Å²) in [7, 11) is 1.65. The Kier molecular flexibility index (Phi) is 4.37. The topological polar surface area (TPSA) is 94.6 Å². The van der Waals surface area contributed by atoms with Crippen LogP contribution in [-0.2, 0) is 9.59 Å². The van der Waals surface area contributed by atoms with Crippen LogP contribution in [0.25, 0.3) is 0 Å². The molecule has 0 bridgehead atoms. The lowest BCUT2D eigenvalue weighted by Crippen LogP contribution is -2.55. The van der Waals surface area contributed by atoms with E-state index in [1.807, 2.05) is 6.92 Å². The van der Waals surface area contributed by atoms with Crippen LogP contribution in [0, 0.1) is 0 Å².